The summed E-state index contributed by atoms with van der Waals surface area (Å²) in [5.41, 5.74) is 1.67. The summed E-state index contributed by atoms with van der Waals surface area (Å²) in [7, 11) is 1.62. The number of rotatable bonds is 7. The van der Waals surface area contributed by atoms with Crippen LogP contribution >= 0.6 is 11.6 Å². The minimum atomic E-state index is -0.845. The molecule has 0 bridgehead atoms. The van der Waals surface area contributed by atoms with Crippen LogP contribution in [-0.2, 0) is 6.42 Å². The Morgan fingerprint density at radius 2 is 2.00 bits per heavy atom. The van der Waals surface area contributed by atoms with E-state index in [0.29, 0.717) is 23.6 Å². The molecule has 0 spiro atoms. The van der Waals surface area contributed by atoms with Crippen molar-refractivity contribution >= 4 is 17.6 Å². The first kappa shape index (κ1) is 18.1. The maximum Gasteiger partial charge on any atom is 0.314 e. The van der Waals surface area contributed by atoms with Crippen molar-refractivity contribution in [3.63, 3.8) is 0 Å². The van der Waals surface area contributed by atoms with Gasteiger partial charge in [-0.15, -0.1) is 0 Å². The van der Waals surface area contributed by atoms with Crippen LogP contribution in [0, 0.1) is 0 Å². The van der Waals surface area contributed by atoms with E-state index in [1.54, 1.807) is 31.4 Å². The van der Waals surface area contributed by atoms with E-state index in [-0.39, 0.29) is 12.6 Å². The SMILES string of the molecule is COc1cccc(CCNC(=O)NCC(O)c2ccccc2Cl)c1. The number of ether oxygens (including phenoxy) is 1. The van der Waals surface area contributed by atoms with Gasteiger partial charge in [0, 0.05) is 23.7 Å². The van der Waals surface area contributed by atoms with Crippen molar-refractivity contribution in [1.82, 2.24) is 10.6 Å². The molecule has 1 atom stereocenters. The van der Waals surface area contributed by atoms with Crippen LogP contribution in [-0.4, -0.2) is 31.3 Å². The van der Waals surface area contributed by atoms with Gasteiger partial charge in [-0.3, -0.25) is 0 Å². The Labute approximate surface area is 146 Å². The minimum Gasteiger partial charge on any atom is -0.497 e. The lowest BCUT2D eigenvalue weighted by Crippen LogP contribution is -2.38. The van der Waals surface area contributed by atoms with E-state index in [0.717, 1.165) is 11.3 Å². The highest BCUT2D eigenvalue weighted by Gasteiger charge is 2.12. The molecule has 2 amide bonds. The maximum atomic E-state index is 11.8. The van der Waals surface area contributed by atoms with Gasteiger partial charge in [-0.2, -0.15) is 0 Å². The van der Waals surface area contributed by atoms with E-state index in [2.05, 4.69) is 10.6 Å². The molecule has 0 radical (unpaired) electrons. The van der Waals surface area contributed by atoms with Crippen LogP contribution in [0.4, 0.5) is 4.79 Å². The van der Waals surface area contributed by atoms with Gasteiger partial charge < -0.3 is 20.5 Å². The van der Waals surface area contributed by atoms with Crippen molar-refractivity contribution in [2.45, 2.75) is 12.5 Å². The van der Waals surface area contributed by atoms with Crippen LogP contribution in [0.2, 0.25) is 5.02 Å². The van der Waals surface area contributed by atoms with Gasteiger partial charge in [0.25, 0.3) is 0 Å². The molecule has 0 aromatic heterocycles. The van der Waals surface area contributed by atoms with E-state index >= 15 is 0 Å². The van der Waals surface area contributed by atoms with Crippen molar-refractivity contribution in [3.05, 3.63) is 64.7 Å². The van der Waals surface area contributed by atoms with Crippen LogP contribution in [0.5, 0.6) is 5.75 Å². The van der Waals surface area contributed by atoms with Crippen molar-refractivity contribution in [2.75, 3.05) is 20.2 Å². The van der Waals surface area contributed by atoms with Crippen molar-refractivity contribution in [2.24, 2.45) is 0 Å². The van der Waals surface area contributed by atoms with Crippen LogP contribution in [0.1, 0.15) is 17.2 Å². The maximum absolute atomic E-state index is 11.8. The third-order valence-corrected chi connectivity index (χ3v) is 3.90. The fraction of sp³-hybridized carbons (Fsp3) is 0.278. The lowest BCUT2D eigenvalue weighted by Gasteiger charge is -2.14. The average molecular weight is 349 g/mol. The molecule has 0 aliphatic rings. The van der Waals surface area contributed by atoms with E-state index in [1.165, 1.54) is 0 Å². The van der Waals surface area contributed by atoms with Crippen LogP contribution < -0.4 is 15.4 Å². The van der Waals surface area contributed by atoms with Gasteiger partial charge >= 0.3 is 6.03 Å². The number of carbonyl (C=O) groups excluding carboxylic acids is 1. The van der Waals surface area contributed by atoms with Gasteiger partial charge in [-0.05, 0) is 30.2 Å². The number of aliphatic hydroxyl groups excluding tert-OH is 1. The molecule has 2 rings (SSSR count). The average Bonchev–Trinajstić information content (AvgIpc) is 2.60. The fourth-order valence-corrected chi connectivity index (χ4v) is 2.52. The number of carbonyl (C=O) groups is 1. The van der Waals surface area contributed by atoms with Gasteiger partial charge in [-0.25, -0.2) is 4.79 Å². The van der Waals surface area contributed by atoms with Crippen LogP contribution in [0.15, 0.2) is 48.5 Å². The Morgan fingerprint density at radius 3 is 2.75 bits per heavy atom. The van der Waals surface area contributed by atoms with Gasteiger partial charge in [0.2, 0.25) is 0 Å². The first-order valence-corrected chi connectivity index (χ1v) is 8.05. The molecular formula is C18H21ClN2O3. The molecule has 0 aliphatic carbocycles. The van der Waals surface area contributed by atoms with E-state index < -0.39 is 6.10 Å². The van der Waals surface area contributed by atoms with Gasteiger partial charge in [0.1, 0.15) is 5.75 Å². The highest BCUT2D eigenvalue weighted by Crippen LogP contribution is 2.21. The molecule has 0 fully saturated rings. The first-order chi connectivity index (χ1) is 11.6. The molecule has 0 aliphatic heterocycles. The second kappa shape index (κ2) is 9.15. The zero-order chi connectivity index (χ0) is 17.4. The fourth-order valence-electron chi connectivity index (χ4n) is 2.26. The zero-order valence-corrected chi connectivity index (χ0v) is 14.2. The molecule has 5 nitrogen and oxygen atoms in total. The third-order valence-electron chi connectivity index (χ3n) is 3.55. The number of halogens is 1. The minimum absolute atomic E-state index is 0.0920. The Morgan fingerprint density at radius 1 is 1.21 bits per heavy atom. The largest absolute Gasteiger partial charge is 0.497 e. The monoisotopic (exact) mass is 348 g/mol. The normalized spacial score (nSPS) is 11.6. The lowest BCUT2D eigenvalue weighted by atomic mass is 10.1. The number of methoxy groups -OCH3 is 1. The summed E-state index contributed by atoms with van der Waals surface area (Å²) >= 11 is 6.01. The Bertz CT molecular complexity index is 679. The number of hydrogen-bond acceptors (Lipinski definition) is 3. The second-order valence-electron chi connectivity index (χ2n) is 5.28. The molecule has 128 valence electrons. The Hall–Kier alpha value is -2.24. The van der Waals surface area contributed by atoms with Crippen LogP contribution in [0.25, 0.3) is 0 Å². The van der Waals surface area contributed by atoms with Crippen LogP contribution in [0.3, 0.4) is 0 Å². The molecule has 0 heterocycles. The standard InChI is InChI=1S/C18H21ClN2O3/c1-24-14-6-4-5-13(11-14)9-10-20-18(23)21-12-17(22)15-7-2-3-8-16(15)19/h2-8,11,17,22H,9-10,12H2,1H3,(H2,20,21,23). The smallest absolute Gasteiger partial charge is 0.314 e. The van der Waals surface area contributed by atoms with Gasteiger partial charge in [-0.1, -0.05) is 41.9 Å². The van der Waals surface area contributed by atoms with Gasteiger partial charge in [0.15, 0.2) is 0 Å². The Kier molecular flexibility index (Phi) is 6.90. The summed E-state index contributed by atoms with van der Waals surface area (Å²) in [5.74, 6) is 0.791. The summed E-state index contributed by atoms with van der Waals surface area (Å²) in [6, 6.07) is 14.4. The number of hydrogen-bond donors (Lipinski definition) is 3. The number of benzene rings is 2. The second-order valence-corrected chi connectivity index (χ2v) is 5.68. The van der Waals surface area contributed by atoms with E-state index in [1.807, 2.05) is 24.3 Å². The highest BCUT2D eigenvalue weighted by molar-refractivity contribution is 6.31. The summed E-state index contributed by atoms with van der Waals surface area (Å²) in [5, 5.41) is 15.9. The van der Waals surface area contributed by atoms with Crippen molar-refractivity contribution in [3.8, 4) is 5.75 Å². The number of nitrogens with one attached hydrogen (secondary N) is 2. The molecule has 2 aromatic rings. The van der Waals surface area contributed by atoms with E-state index in [4.69, 9.17) is 16.3 Å². The van der Waals surface area contributed by atoms with Crippen molar-refractivity contribution in [1.29, 1.82) is 0 Å². The molecule has 24 heavy (non-hydrogen) atoms. The predicted molar refractivity (Wildman–Crippen MR) is 94.5 cm³/mol. The van der Waals surface area contributed by atoms with Crippen molar-refractivity contribution < 1.29 is 14.6 Å². The molecule has 3 N–H and O–H groups in total. The molecule has 6 heteroatoms. The molecular weight excluding hydrogens is 328 g/mol. The Balaban J connectivity index is 1.72. The summed E-state index contributed by atoms with van der Waals surface area (Å²) in [6.07, 6.45) is -0.152. The summed E-state index contributed by atoms with van der Waals surface area (Å²) < 4.78 is 5.16. The molecule has 0 saturated carbocycles. The first-order valence-electron chi connectivity index (χ1n) is 7.67. The summed E-state index contributed by atoms with van der Waals surface area (Å²) in [4.78, 5) is 11.8. The molecule has 2 aromatic carbocycles. The quantitative estimate of drug-likeness (QED) is 0.720. The topological polar surface area (TPSA) is 70.6 Å². The molecule has 1 unspecified atom stereocenters. The number of urea groups is 1. The zero-order valence-electron chi connectivity index (χ0n) is 13.5. The molecule has 0 saturated heterocycles. The predicted octanol–water partition coefficient (Wildman–Crippen LogP) is 2.92. The summed E-state index contributed by atoms with van der Waals surface area (Å²) in [6.45, 7) is 0.579. The number of amides is 2. The lowest BCUT2D eigenvalue weighted by molar-refractivity contribution is 0.173. The number of aliphatic hydroxyl groups is 1. The van der Waals surface area contributed by atoms with E-state index in [9.17, 15) is 9.90 Å². The third kappa shape index (κ3) is 5.44. The van der Waals surface area contributed by atoms with Gasteiger partial charge in [0.05, 0.1) is 13.2 Å². The highest BCUT2D eigenvalue weighted by atomic mass is 35.5.